The molecule has 7 heteroatoms. The van der Waals surface area contributed by atoms with Gasteiger partial charge in [0.15, 0.2) is 5.82 Å². The van der Waals surface area contributed by atoms with Crippen LogP contribution in [0.4, 0.5) is 11.6 Å². The highest BCUT2D eigenvalue weighted by atomic mass is 16.2. The first-order chi connectivity index (χ1) is 8.84. The van der Waals surface area contributed by atoms with Gasteiger partial charge in [-0.15, -0.1) is 0 Å². The predicted octanol–water partition coefficient (Wildman–Crippen LogP) is 1.12. The van der Waals surface area contributed by atoms with Crippen molar-refractivity contribution in [1.29, 1.82) is 0 Å². The van der Waals surface area contributed by atoms with E-state index < -0.39 is 0 Å². The first-order valence-electron chi connectivity index (χ1n) is 5.99. The Balaban J connectivity index is 1.97. The number of anilines is 2. The van der Waals surface area contributed by atoms with Gasteiger partial charge < -0.3 is 11.1 Å². The molecule has 19 heavy (non-hydrogen) atoms. The van der Waals surface area contributed by atoms with Crippen molar-refractivity contribution < 1.29 is 4.79 Å². The predicted molar refractivity (Wildman–Crippen MR) is 72.6 cm³/mol. The molecule has 0 spiro atoms. The van der Waals surface area contributed by atoms with E-state index in [-0.39, 0.29) is 17.9 Å². The highest BCUT2D eigenvalue weighted by Crippen LogP contribution is 2.21. The summed E-state index contributed by atoms with van der Waals surface area (Å²) in [6, 6.07) is 3.47. The van der Waals surface area contributed by atoms with Gasteiger partial charge in [-0.05, 0) is 6.07 Å². The fourth-order valence-electron chi connectivity index (χ4n) is 1.56. The van der Waals surface area contributed by atoms with Crippen LogP contribution < -0.4 is 11.1 Å². The maximum Gasteiger partial charge on any atom is 0.247 e. The van der Waals surface area contributed by atoms with Crippen molar-refractivity contribution in [3.8, 4) is 0 Å². The van der Waals surface area contributed by atoms with Crippen LogP contribution in [-0.2, 0) is 16.8 Å². The minimum absolute atomic E-state index is 0.0353. The molecule has 0 aromatic carbocycles. The molecule has 0 unspecified atom stereocenters. The molecule has 0 atom stereocenters. The quantitative estimate of drug-likeness (QED) is 0.771. The monoisotopic (exact) mass is 262 g/mol. The summed E-state index contributed by atoms with van der Waals surface area (Å²) in [5.41, 5.74) is 6.41. The van der Waals surface area contributed by atoms with E-state index in [9.17, 15) is 4.79 Å². The molecule has 0 aliphatic heterocycles. The molecule has 0 aliphatic carbocycles. The van der Waals surface area contributed by atoms with Crippen molar-refractivity contribution in [2.45, 2.75) is 32.7 Å². The summed E-state index contributed by atoms with van der Waals surface area (Å²) >= 11 is 0. The molecule has 7 nitrogen and oxygen atoms in total. The number of nitrogen functional groups attached to an aromatic ring is 1. The number of amides is 1. The molecule has 1 amide bonds. The third-order valence-electron chi connectivity index (χ3n) is 2.62. The first-order valence-corrected chi connectivity index (χ1v) is 5.99. The Labute approximate surface area is 111 Å². The smallest absolute Gasteiger partial charge is 0.247 e. The second-order valence-corrected chi connectivity index (χ2v) is 5.40. The lowest BCUT2D eigenvalue weighted by Gasteiger charge is -2.14. The van der Waals surface area contributed by atoms with Crippen molar-refractivity contribution in [1.82, 2.24) is 20.0 Å². The zero-order valence-electron chi connectivity index (χ0n) is 11.3. The molecule has 2 rings (SSSR count). The normalized spacial score (nSPS) is 11.5. The van der Waals surface area contributed by atoms with Crippen LogP contribution in [0, 0.1) is 0 Å². The van der Waals surface area contributed by atoms with Crippen LogP contribution in [0.3, 0.4) is 0 Å². The summed E-state index contributed by atoms with van der Waals surface area (Å²) < 4.78 is 1.47. The Morgan fingerprint density at radius 1 is 1.53 bits per heavy atom. The van der Waals surface area contributed by atoms with E-state index in [2.05, 4.69) is 41.4 Å². The van der Waals surface area contributed by atoms with Crippen LogP contribution in [0.25, 0.3) is 0 Å². The van der Waals surface area contributed by atoms with Gasteiger partial charge in [0.05, 0.1) is 0 Å². The Morgan fingerprint density at radius 3 is 2.79 bits per heavy atom. The minimum Gasteiger partial charge on any atom is -0.382 e. The average molecular weight is 262 g/mol. The maximum absolute atomic E-state index is 11.8. The lowest BCUT2D eigenvalue weighted by molar-refractivity contribution is -0.116. The van der Waals surface area contributed by atoms with Crippen LogP contribution in [0.5, 0.6) is 0 Å². The van der Waals surface area contributed by atoms with Gasteiger partial charge in [0.25, 0.3) is 0 Å². The summed E-state index contributed by atoms with van der Waals surface area (Å²) in [6.45, 7) is 6.31. The van der Waals surface area contributed by atoms with Crippen molar-refractivity contribution >= 4 is 17.5 Å². The standard InChI is InChI=1S/C12H18N6O/c1-12(2,3)8-6-10(16-15-8)14-11(19)7-18-5-4-9(13)17-18/h4-6H,7H2,1-3H3,(H2,13,17)(H2,14,15,16,19). The third kappa shape index (κ3) is 3.34. The molecule has 0 saturated heterocycles. The van der Waals surface area contributed by atoms with Gasteiger partial charge in [0.2, 0.25) is 5.91 Å². The van der Waals surface area contributed by atoms with Crippen LogP contribution in [0.1, 0.15) is 26.5 Å². The first kappa shape index (κ1) is 13.1. The van der Waals surface area contributed by atoms with E-state index >= 15 is 0 Å². The van der Waals surface area contributed by atoms with Gasteiger partial charge in [0, 0.05) is 23.4 Å². The van der Waals surface area contributed by atoms with Crippen molar-refractivity contribution in [3.63, 3.8) is 0 Å². The van der Waals surface area contributed by atoms with E-state index in [1.54, 1.807) is 12.3 Å². The number of nitrogens with one attached hydrogen (secondary N) is 2. The number of nitrogens with two attached hydrogens (primary N) is 1. The van der Waals surface area contributed by atoms with E-state index in [4.69, 9.17) is 5.73 Å². The number of hydrogen-bond acceptors (Lipinski definition) is 4. The Hall–Kier alpha value is -2.31. The van der Waals surface area contributed by atoms with E-state index in [0.717, 1.165) is 5.69 Å². The number of carbonyl (C=O) groups excluding carboxylic acids is 1. The molecule has 0 saturated carbocycles. The Kier molecular flexibility index (Phi) is 3.28. The number of aromatic nitrogens is 4. The number of aromatic amines is 1. The summed E-state index contributed by atoms with van der Waals surface area (Å²) in [5, 5.41) is 13.6. The summed E-state index contributed by atoms with van der Waals surface area (Å²) in [7, 11) is 0. The van der Waals surface area contributed by atoms with Crippen molar-refractivity contribution in [3.05, 3.63) is 24.0 Å². The number of nitrogens with zero attached hydrogens (tertiary/aromatic N) is 3. The van der Waals surface area contributed by atoms with Gasteiger partial charge in [0.1, 0.15) is 12.4 Å². The molecule has 102 valence electrons. The topological polar surface area (TPSA) is 102 Å². The number of H-pyrrole nitrogens is 1. The van der Waals surface area contributed by atoms with Gasteiger partial charge in [-0.2, -0.15) is 10.2 Å². The average Bonchev–Trinajstić information content (AvgIpc) is 2.87. The summed E-state index contributed by atoms with van der Waals surface area (Å²) in [4.78, 5) is 11.8. The molecule has 0 bridgehead atoms. The van der Waals surface area contributed by atoms with E-state index in [1.165, 1.54) is 4.68 Å². The lowest BCUT2D eigenvalue weighted by Crippen LogP contribution is -2.19. The molecular weight excluding hydrogens is 244 g/mol. The highest BCUT2D eigenvalue weighted by Gasteiger charge is 2.17. The van der Waals surface area contributed by atoms with Crippen LogP contribution in [0.15, 0.2) is 18.3 Å². The minimum atomic E-state index is -0.199. The zero-order valence-corrected chi connectivity index (χ0v) is 11.3. The lowest BCUT2D eigenvalue weighted by atomic mass is 9.92. The number of hydrogen-bond donors (Lipinski definition) is 3. The van der Waals surface area contributed by atoms with Crippen molar-refractivity contribution in [2.24, 2.45) is 0 Å². The summed E-state index contributed by atoms with van der Waals surface area (Å²) in [6.07, 6.45) is 1.65. The molecule has 2 heterocycles. The van der Waals surface area contributed by atoms with Gasteiger partial charge in [-0.25, -0.2) is 0 Å². The molecule has 2 aromatic rings. The molecule has 2 aromatic heterocycles. The second-order valence-electron chi connectivity index (χ2n) is 5.40. The fourth-order valence-corrected chi connectivity index (χ4v) is 1.56. The Bertz CT molecular complexity index is 577. The fraction of sp³-hybridized carbons (Fsp3) is 0.417. The Morgan fingerprint density at radius 2 is 2.26 bits per heavy atom. The number of rotatable bonds is 3. The zero-order chi connectivity index (χ0) is 14.0. The highest BCUT2D eigenvalue weighted by molar-refractivity contribution is 5.89. The van der Waals surface area contributed by atoms with Crippen molar-refractivity contribution in [2.75, 3.05) is 11.1 Å². The van der Waals surface area contributed by atoms with Gasteiger partial charge >= 0.3 is 0 Å². The van der Waals surface area contributed by atoms with Crippen LogP contribution in [0.2, 0.25) is 0 Å². The number of carbonyl (C=O) groups is 1. The van der Waals surface area contributed by atoms with E-state index in [1.807, 2.05) is 6.07 Å². The summed E-state index contributed by atoms with van der Waals surface area (Å²) in [5.74, 6) is 0.702. The molecule has 0 radical (unpaired) electrons. The third-order valence-corrected chi connectivity index (χ3v) is 2.62. The van der Waals surface area contributed by atoms with Gasteiger partial charge in [-0.1, -0.05) is 20.8 Å². The van der Waals surface area contributed by atoms with Crippen LogP contribution in [-0.4, -0.2) is 25.9 Å². The molecule has 0 aliphatic rings. The van der Waals surface area contributed by atoms with Crippen LogP contribution >= 0.6 is 0 Å². The largest absolute Gasteiger partial charge is 0.382 e. The van der Waals surface area contributed by atoms with E-state index in [0.29, 0.717) is 11.6 Å². The SMILES string of the molecule is CC(C)(C)c1cc(NC(=O)Cn2ccc(N)n2)n[nH]1. The maximum atomic E-state index is 11.8. The molecule has 0 fully saturated rings. The second kappa shape index (κ2) is 4.75. The molecular formula is C12H18N6O. The molecule has 4 N–H and O–H groups in total. The van der Waals surface area contributed by atoms with Gasteiger partial charge in [-0.3, -0.25) is 14.6 Å².